The summed E-state index contributed by atoms with van der Waals surface area (Å²) < 4.78 is 5.47. The Hall–Kier alpha value is -4.79. The Kier molecular flexibility index (Phi) is 5.12. The molecule has 9 heteroatoms. The molecule has 5 rings (SSSR count). The number of carbonyl (C=O) groups is 1. The number of azo groups is 1. The summed E-state index contributed by atoms with van der Waals surface area (Å²) in [6, 6.07) is 21.1. The van der Waals surface area contributed by atoms with Crippen molar-refractivity contribution in [3.05, 3.63) is 83.2 Å². The van der Waals surface area contributed by atoms with E-state index >= 15 is 0 Å². The van der Waals surface area contributed by atoms with Crippen LogP contribution in [-0.2, 0) is 4.79 Å². The van der Waals surface area contributed by atoms with Crippen LogP contribution in [0.2, 0.25) is 0 Å². The van der Waals surface area contributed by atoms with Gasteiger partial charge in [0.25, 0.3) is 5.56 Å². The van der Waals surface area contributed by atoms with Gasteiger partial charge < -0.3 is 19.8 Å². The summed E-state index contributed by atoms with van der Waals surface area (Å²) in [6.45, 7) is -0.322. The number of para-hydroxylation sites is 2. The Labute approximate surface area is 186 Å². The number of hydrogen-bond acceptors (Lipinski definition) is 6. The summed E-state index contributed by atoms with van der Waals surface area (Å²) in [7, 11) is 0. The summed E-state index contributed by atoms with van der Waals surface area (Å²) in [4.78, 5) is 34.4. The van der Waals surface area contributed by atoms with Crippen molar-refractivity contribution in [1.82, 2.24) is 15.0 Å². The number of nitrogens with zero attached hydrogens (tertiary/aromatic N) is 3. The fourth-order valence-electron chi connectivity index (χ4n) is 3.43. The lowest BCUT2D eigenvalue weighted by Gasteiger charge is -2.06. The summed E-state index contributed by atoms with van der Waals surface area (Å²) >= 11 is 0. The Bertz CT molecular complexity index is 1570. The minimum atomic E-state index is -0.607. The number of hydrogen-bond donors (Lipinski definition) is 3. The zero-order valence-electron chi connectivity index (χ0n) is 17.1. The highest BCUT2D eigenvalue weighted by molar-refractivity contribution is 5.94. The first kappa shape index (κ1) is 20.1. The molecule has 0 unspecified atom stereocenters. The van der Waals surface area contributed by atoms with Crippen molar-refractivity contribution in [2.75, 3.05) is 6.61 Å². The van der Waals surface area contributed by atoms with Gasteiger partial charge >= 0.3 is 5.91 Å². The van der Waals surface area contributed by atoms with E-state index in [-0.39, 0.29) is 23.7 Å². The van der Waals surface area contributed by atoms with E-state index in [1.54, 1.807) is 60.7 Å². The fourth-order valence-corrected chi connectivity index (χ4v) is 3.43. The van der Waals surface area contributed by atoms with Gasteiger partial charge in [0, 0.05) is 10.9 Å². The van der Waals surface area contributed by atoms with E-state index in [1.165, 1.54) is 0 Å². The second-order valence-corrected chi connectivity index (χ2v) is 7.21. The average Bonchev–Trinajstić information content (AvgIpc) is 3.16. The van der Waals surface area contributed by atoms with Gasteiger partial charge in [-0.15, -0.1) is 10.2 Å². The Morgan fingerprint density at radius 1 is 0.939 bits per heavy atom. The topological polar surface area (TPSA) is 133 Å². The van der Waals surface area contributed by atoms with Crippen LogP contribution in [0.4, 0.5) is 5.69 Å². The highest BCUT2D eigenvalue weighted by atomic mass is 16.5. The number of amides is 1. The molecule has 0 radical (unpaired) electrons. The SMILES string of the molecule is O=C(COc1ccc(-c2nc3ccccc3c(=O)[nH]2)cc1)N=Nc1c(O)[nH]c2ccccc12. The summed E-state index contributed by atoms with van der Waals surface area (Å²) in [5.74, 6) is 0.114. The van der Waals surface area contributed by atoms with Gasteiger partial charge in [-0.3, -0.25) is 9.59 Å². The molecular formula is C24H17N5O4. The first-order valence-corrected chi connectivity index (χ1v) is 10.0. The number of carbonyl (C=O) groups excluding carboxylic acids is 1. The molecule has 0 saturated carbocycles. The molecule has 33 heavy (non-hydrogen) atoms. The standard InChI is InChI=1S/C24H17N5O4/c30-20(28-29-21-16-5-1-3-7-18(16)26-24(21)32)13-33-15-11-9-14(10-12-15)22-25-19-8-4-2-6-17(19)23(31)27-22/h1-12,26,32H,13H2,(H,25,27,31). The molecule has 0 saturated heterocycles. The van der Waals surface area contributed by atoms with Crippen molar-refractivity contribution >= 4 is 33.4 Å². The zero-order valence-corrected chi connectivity index (χ0v) is 17.1. The molecule has 0 atom stereocenters. The third kappa shape index (κ3) is 4.07. The van der Waals surface area contributed by atoms with Gasteiger partial charge in [0.2, 0.25) is 5.88 Å². The maximum atomic E-state index is 12.3. The summed E-state index contributed by atoms with van der Waals surface area (Å²) in [5, 5.41) is 18.6. The van der Waals surface area contributed by atoms with Crippen LogP contribution in [0.25, 0.3) is 33.2 Å². The quantitative estimate of drug-likeness (QED) is 0.348. The number of benzene rings is 3. The highest BCUT2D eigenvalue weighted by Crippen LogP contribution is 2.35. The molecule has 2 heterocycles. The van der Waals surface area contributed by atoms with Crippen molar-refractivity contribution < 1.29 is 14.6 Å². The van der Waals surface area contributed by atoms with Crippen LogP contribution in [-0.4, -0.2) is 32.6 Å². The molecule has 0 spiro atoms. The van der Waals surface area contributed by atoms with E-state index in [0.717, 1.165) is 0 Å². The number of aromatic hydroxyl groups is 1. The minimum absolute atomic E-state index is 0.162. The maximum Gasteiger partial charge on any atom is 0.302 e. The molecule has 2 aromatic heterocycles. The van der Waals surface area contributed by atoms with Crippen LogP contribution in [0.1, 0.15) is 0 Å². The van der Waals surface area contributed by atoms with Crippen molar-refractivity contribution in [2.45, 2.75) is 0 Å². The predicted molar refractivity (Wildman–Crippen MR) is 123 cm³/mol. The van der Waals surface area contributed by atoms with Crippen molar-refractivity contribution in [2.24, 2.45) is 10.2 Å². The minimum Gasteiger partial charge on any atom is -0.493 e. The zero-order chi connectivity index (χ0) is 22.8. The van der Waals surface area contributed by atoms with Gasteiger partial charge in [-0.05, 0) is 42.5 Å². The number of nitrogens with one attached hydrogen (secondary N) is 2. The Balaban J connectivity index is 1.26. The first-order chi connectivity index (χ1) is 16.1. The predicted octanol–water partition coefficient (Wildman–Crippen LogP) is 4.47. The smallest absolute Gasteiger partial charge is 0.302 e. The Morgan fingerprint density at radius 2 is 1.67 bits per heavy atom. The van der Waals surface area contributed by atoms with Crippen LogP contribution < -0.4 is 10.3 Å². The molecular weight excluding hydrogens is 422 g/mol. The van der Waals surface area contributed by atoms with E-state index in [4.69, 9.17) is 4.74 Å². The lowest BCUT2D eigenvalue weighted by atomic mass is 10.2. The number of H-pyrrole nitrogens is 2. The van der Waals surface area contributed by atoms with E-state index in [9.17, 15) is 14.7 Å². The van der Waals surface area contributed by atoms with Gasteiger partial charge in [0.05, 0.1) is 16.4 Å². The van der Waals surface area contributed by atoms with E-state index < -0.39 is 5.91 Å². The molecule has 1 amide bonds. The van der Waals surface area contributed by atoms with Gasteiger partial charge in [-0.1, -0.05) is 30.3 Å². The first-order valence-electron chi connectivity index (χ1n) is 10.0. The summed E-state index contributed by atoms with van der Waals surface area (Å²) in [6.07, 6.45) is 0. The molecule has 0 bridgehead atoms. The lowest BCUT2D eigenvalue weighted by Crippen LogP contribution is -2.09. The Morgan fingerprint density at radius 3 is 2.48 bits per heavy atom. The van der Waals surface area contributed by atoms with Crippen LogP contribution in [0.5, 0.6) is 11.6 Å². The molecule has 162 valence electrons. The molecule has 9 nitrogen and oxygen atoms in total. The molecule has 5 aromatic rings. The molecule has 3 aromatic carbocycles. The molecule has 3 N–H and O–H groups in total. The van der Waals surface area contributed by atoms with E-state index in [0.29, 0.717) is 38.9 Å². The van der Waals surface area contributed by atoms with Gasteiger partial charge in [-0.2, -0.15) is 0 Å². The van der Waals surface area contributed by atoms with Crippen LogP contribution >= 0.6 is 0 Å². The van der Waals surface area contributed by atoms with E-state index in [1.807, 2.05) is 12.1 Å². The van der Waals surface area contributed by atoms with Crippen LogP contribution in [0.3, 0.4) is 0 Å². The lowest BCUT2D eigenvalue weighted by molar-refractivity contribution is -0.120. The van der Waals surface area contributed by atoms with Gasteiger partial charge in [-0.25, -0.2) is 4.98 Å². The normalized spacial score (nSPS) is 11.4. The average molecular weight is 439 g/mol. The molecule has 0 fully saturated rings. The van der Waals surface area contributed by atoms with Crippen molar-refractivity contribution in [3.63, 3.8) is 0 Å². The molecule has 0 aliphatic rings. The number of aromatic nitrogens is 3. The van der Waals surface area contributed by atoms with Crippen LogP contribution in [0.15, 0.2) is 87.8 Å². The third-order valence-corrected chi connectivity index (χ3v) is 5.02. The number of rotatable bonds is 5. The van der Waals surface area contributed by atoms with Crippen LogP contribution in [0, 0.1) is 0 Å². The monoisotopic (exact) mass is 439 g/mol. The second-order valence-electron chi connectivity index (χ2n) is 7.21. The van der Waals surface area contributed by atoms with Gasteiger partial charge in [0.1, 0.15) is 11.6 Å². The van der Waals surface area contributed by atoms with Crippen molar-refractivity contribution in [3.8, 4) is 23.0 Å². The summed E-state index contributed by atoms with van der Waals surface area (Å²) in [5.41, 5.74) is 1.98. The number of fused-ring (bicyclic) bond motifs is 2. The second kappa shape index (κ2) is 8.39. The van der Waals surface area contributed by atoms with E-state index in [2.05, 4.69) is 25.2 Å². The molecule has 0 aliphatic heterocycles. The molecule has 0 aliphatic carbocycles. The maximum absolute atomic E-state index is 12.3. The number of aromatic amines is 2. The largest absolute Gasteiger partial charge is 0.493 e. The van der Waals surface area contributed by atoms with Gasteiger partial charge in [0.15, 0.2) is 12.3 Å². The third-order valence-electron chi connectivity index (χ3n) is 5.02. The number of ether oxygens (including phenoxy) is 1. The van der Waals surface area contributed by atoms with Crippen molar-refractivity contribution in [1.29, 1.82) is 0 Å². The highest BCUT2D eigenvalue weighted by Gasteiger charge is 2.11. The fraction of sp³-hybridized carbons (Fsp3) is 0.0417.